The summed E-state index contributed by atoms with van der Waals surface area (Å²) in [6.45, 7) is -2.13. The molecular formula is C25H32N7O14P2+. The van der Waals surface area contributed by atoms with Gasteiger partial charge in [0.15, 0.2) is 36.2 Å². The van der Waals surface area contributed by atoms with E-state index in [-0.39, 0.29) is 29.0 Å². The van der Waals surface area contributed by atoms with Gasteiger partial charge in [0.1, 0.15) is 47.9 Å². The second-order valence-electron chi connectivity index (χ2n) is 10.5. The van der Waals surface area contributed by atoms with Crippen molar-refractivity contribution in [3.63, 3.8) is 0 Å². The summed E-state index contributed by atoms with van der Waals surface area (Å²) in [6.07, 6.45) is -1.58. The quantitative estimate of drug-likeness (QED) is 0.0412. The summed E-state index contributed by atoms with van der Waals surface area (Å²) in [6, 6.07) is 2.87. The average Bonchev–Trinajstić information content (AvgIpc) is 3.69. The highest BCUT2D eigenvalue weighted by atomic mass is 31.3. The van der Waals surface area contributed by atoms with Gasteiger partial charge in [0, 0.05) is 12.5 Å². The van der Waals surface area contributed by atoms with Gasteiger partial charge in [0.25, 0.3) is 12.1 Å². The number of nitrogens with two attached hydrogens (primary N) is 2. The monoisotopic (exact) mass is 716 g/mol. The normalized spacial score (nSPS) is 29.8. The molecule has 0 aliphatic carbocycles. The van der Waals surface area contributed by atoms with Crippen molar-refractivity contribution in [2.24, 2.45) is 5.73 Å². The van der Waals surface area contributed by atoms with Gasteiger partial charge in [-0.1, -0.05) is 0 Å². The van der Waals surface area contributed by atoms with Crippen molar-refractivity contribution < 1.29 is 71.2 Å². The number of amides is 1. The van der Waals surface area contributed by atoms with Crippen LogP contribution in [0.2, 0.25) is 0 Å². The maximum atomic E-state index is 13.4. The number of terminal acetylenes is 1. The predicted octanol–water partition coefficient (Wildman–Crippen LogP) is -1.97. The van der Waals surface area contributed by atoms with E-state index >= 15 is 0 Å². The Morgan fingerprint density at radius 1 is 1.04 bits per heavy atom. The van der Waals surface area contributed by atoms with Crippen LogP contribution in [0.15, 0.2) is 37.2 Å². The number of imidazole rings is 1. The minimum absolute atomic E-state index is 0.0556. The molecular weight excluding hydrogens is 684 g/mol. The number of ether oxygens (including phenoxy) is 2. The molecule has 2 aliphatic rings. The molecule has 2 unspecified atom stereocenters. The van der Waals surface area contributed by atoms with Crippen LogP contribution in [-0.4, -0.2) is 107 Å². The molecule has 260 valence electrons. The van der Waals surface area contributed by atoms with Crippen molar-refractivity contribution in [3.05, 3.63) is 42.7 Å². The number of hydrogen-bond donors (Lipinski definition) is 7. The van der Waals surface area contributed by atoms with Crippen LogP contribution in [0.4, 0.5) is 5.82 Å². The number of phosphoric acid groups is 2. The Bertz CT molecular complexity index is 1770. The summed E-state index contributed by atoms with van der Waals surface area (Å²) in [5.74, 6) is 1.51. The van der Waals surface area contributed by atoms with E-state index in [4.69, 9.17) is 45.2 Å². The van der Waals surface area contributed by atoms with E-state index in [0.29, 0.717) is 0 Å². The fourth-order valence-corrected chi connectivity index (χ4v) is 7.48. The fraction of sp³-hybridized carbons (Fsp3) is 0.480. The van der Waals surface area contributed by atoms with Gasteiger partial charge >= 0.3 is 15.6 Å². The minimum Gasteiger partial charge on any atom is -0.387 e. The van der Waals surface area contributed by atoms with E-state index in [2.05, 4.69) is 20.9 Å². The number of carbonyl (C=O) groups excluding carboxylic acids is 1. The molecule has 2 aliphatic heterocycles. The van der Waals surface area contributed by atoms with Gasteiger partial charge in [-0.3, -0.25) is 22.9 Å². The van der Waals surface area contributed by atoms with E-state index in [1.807, 2.05) is 0 Å². The average molecular weight is 717 g/mol. The number of anilines is 1. The van der Waals surface area contributed by atoms with Crippen LogP contribution in [0, 0.1) is 12.3 Å². The lowest BCUT2D eigenvalue weighted by Gasteiger charge is -2.23. The second kappa shape index (κ2) is 14.6. The van der Waals surface area contributed by atoms with Crippen molar-refractivity contribution in [2.45, 2.75) is 55.5 Å². The van der Waals surface area contributed by atoms with E-state index in [9.17, 15) is 39.2 Å². The molecule has 1 amide bonds. The van der Waals surface area contributed by atoms with Gasteiger partial charge in [-0.15, -0.1) is 12.3 Å². The zero-order valence-electron chi connectivity index (χ0n) is 24.7. The zero-order chi connectivity index (χ0) is 34.8. The number of primary amides is 1. The molecule has 2 saturated heterocycles. The SMILES string of the molecule is C#CCCOP(=O)(OC[C@H]1O[C@@H]([n+]2cccc(C(N)=O)c2)[C@H](O)[C@@H]1O)OP(=O)(O)OC[C@H]1O[C@@H](n2cnc3c(N)ncnc32)[C@H](O)[C@@H]1O. The van der Waals surface area contributed by atoms with Gasteiger partial charge in [0.05, 0.1) is 26.1 Å². The highest BCUT2D eigenvalue weighted by Crippen LogP contribution is 2.63. The van der Waals surface area contributed by atoms with Crippen LogP contribution >= 0.6 is 15.6 Å². The van der Waals surface area contributed by atoms with Crippen LogP contribution in [0.1, 0.15) is 29.2 Å². The Morgan fingerprint density at radius 3 is 2.48 bits per heavy atom. The number of pyridine rings is 1. The minimum atomic E-state index is -5.34. The Labute approximate surface area is 271 Å². The summed E-state index contributed by atoms with van der Waals surface area (Å²) in [7, 11) is -10.4. The Kier molecular flexibility index (Phi) is 10.9. The topological polar surface area (TPSA) is 307 Å². The Morgan fingerprint density at radius 2 is 1.75 bits per heavy atom. The smallest absolute Gasteiger partial charge is 0.387 e. The van der Waals surface area contributed by atoms with Gasteiger partial charge in [0.2, 0.25) is 0 Å². The van der Waals surface area contributed by atoms with Crippen molar-refractivity contribution in [2.75, 3.05) is 25.6 Å². The standard InChI is InChI=1S/C25H31N7O14P2/c1-2-3-7-41-48(40,43-10-15-17(33)19(35)24(44-15)31-6-4-5-13(8-31)22(27)37)46-47(38,39)42-9-14-18(34)20(36)25(45-14)32-12-30-16-21(26)28-11-29-23(16)32/h1,4-6,8,11-12,14-15,17-20,24-25,33-36H,3,7,9-10H2,(H4-,26,27,28,29,37,38,39)/p+1/t14-,15-,17-,18-,19-,20-,24-,25-,48?/m1/s1. The third-order valence-electron chi connectivity index (χ3n) is 7.23. The molecule has 5 heterocycles. The third kappa shape index (κ3) is 7.72. The number of aliphatic hydroxyl groups excluding tert-OH is 4. The Hall–Kier alpha value is -3.45. The summed E-state index contributed by atoms with van der Waals surface area (Å²) in [5, 5.41) is 42.3. The highest BCUT2D eigenvalue weighted by molar-refractivity contribution is 7.61. The maximum Gasteiger partial charge on any atom is 0.483 e. The number of nitrogens with zero attached hydrogens (tertiary/aromatic N) is 5. The summed E-state index contributed by atoms with van der Waals surface area (Å²) in [5.41, 5.74) is 11.5. The van der Waals surface area contributed by atoms with Crippen molar-refractivity contribution in [1.82, 2.24) is 19.5 Å². The number of phosphoric ester groups is 2. The van der Waals surface area contributed by atoms with Crippen molar-refractivity contribution >= 4 is 38.5 Å². The first kappa shape index (κ1) is 35.8. The van der Waals surface area contributed by atoms with E-state index in [0.717, 1.165) is 6.33 Å². The lowest BCUT2D eigenvalue weighted by Crippen LogP contribution is -2.46. The largest absolute Gasteiger partial charge is 0.483 e. The molecule has 0 radical (unpaired) electrons. The number of aliphatic hydroxyl groups is 4. The molecule has 0 aromatic carbocycles. The van der Waals surface area contributed by atoms with Gasteiger partial charge in [-0.2, -0.15) is 8.88 Å². The lowest BCUT2D eigenvalue weighted by atomic mass is 10.1. The van der Waals surface area contributed by atoms with E-state index in [1.165, 1.54) is 40.0 Å². The highest BCUT2D eigenvalue weighted by Gasteiger charge is 2.50. The first-order valence-corrected chi connectivity index (χ1v) is 17.0. The molecule has 2 fully saturated rings. The van der Waals surface area contributed by atoms with Gasteiger partial charge in [-0.25, -0.2) is 24.1 Å². The predicted molar refractivity (Wildman–Crippen MR) is 157 cm³/mol. The van der Waals surface area contributed by atoms with Crippen molar-refractivity contribution in [3.8, 4) is 12.3 Å². The van der Waals surface area contributed by atoms with Crippen LogP contribution in [-0.2, 0) is 36.5 Å². The molecule has 48 heavy (non-hydrogen) atoms. The number of nitrogen functional groups attached to an aromatic ring is 1. The molecule has 0 spiro atoms. The maximum absolute atomic E-state index is 13.4. The number of aromatic nitrogens is 5. The van der Waals surface area contributed by atoms with E-state index < -0.39 is 90.5 Å². The summed E-state index contributed by atoms with van der Waals surface area (Å²) >= 11 is 0. The molecule has 0 bridgehead atoms. The molecule has 5 rings (SSSR count). The van der Waals surface area contributed by atoms with Crippen LogP contribution < -0.4 is 16.0 Å². The summed E-state index contributed by atoms with van der Waals surface area (Å²) < 4.78 is 60.1. The molecule has 23 heteroatoms. The van der Waals surface area contributed by atoms with Crippen molar-refractivity contribution in [1.29, 1.82) is 0 Å². The number of fused-ring (bicyclic) bond motifs is 1. The van der Waals surface area contributed by atoms with Crippen LogP contribution in [0.5, 0.6) is 0 Å². The summed E-state index contributed by atoms with van der Waals surface area (Å²) in [4.78, 5) is 33.9. The second-order valence-corrected chi connectivity index (χ2v) is 13.7. The van der Waals surface area contributed by atoms with Gasteiger partial charge < -0.3 is 46.3 Å². The number of hydrogen-bond acceptors (Lipinski definition) is 17. The fourth-order valence-electron chi connectivity index (χ4n) is 4.85. The number of rotatable bonds is 14. The lowest BCUT2D eigenvalue weighted by molar-refractivity contribution is -0.765. The molecule has 21 nitrogen and oxygen atoms in total. The van der Waals surface area contributed by atoms with Crippen LogP contribution in [0.25, 0.3) is 11.2 Å². The van der Waals surface area contributed by atoms with Crippen LogP contribution in [0.3, 0.4) is 0 Å². The van der Waals surface area contributed by atoms with Gasteiger partial charge in [-0.05, 0) is 6.07 Å². The molecule has 10 atom stereocenters. The first-order valence-electron chi connectivity index (χ1n) is 14.0. The Balaban J connectivity index is 1.23. The zero-order valence-corrected chi connectivity index (χ0v) is 26.5. The third-order valence-corrected chi connectivity index (χ3v) is 10.3. The van der Waals surface area contributed by atoms with E-state index in [1.54, 1.807) is 0 Å². The molecule has 3 aromatic heterocycles. The molecule has 3 aromatic rings. The molecule has 9 N–H and O–H groups in total. The first-order chi connectivity index (χ1) is 22.7. The molecule has 0 saturated carbocycles. The number of carbonyl (C=O) groups is 1.